The van der Waals surface area contributed by atoms with Crippen molar-refractivity contribution in [3.05, 3.63) is 60.2 Å². The average Bonchev–Trinajstić information content (AvgIpc) is 2.82. The van der Waals surface area contributed by atoms with Gasteiger partial charge in [-0.1, -0.05) is 71.4 Å². The molecular weight excluding hydrogens is 432 g/mol. The SMILES string of the molecule is Cc1ccc(SCC#CCC#CCC#CCOC2CCCCO2)cc1.Sc1ccccc1. The van der Waals surface area contributed by atoms with Gasteiger partial charge in [0.25, 0.3) is 0 Å². The van der Waals surface area contributed by atoms with E-state index >= 15 is 0 Å². The van der Waals surface area contributed by atoms with Gasteiger partial charge in [-0.2, -0.15) is 0 Å². The fraction of sp³-hybridized carbons (Fsp3) is 0.357. The van der Waals surface area contributed by atoms with Gasteiger partial charge in [-0.3, -0.25) is 0 Å². The highest BCUT2D eigenvalue weighted by Gasteiger charge is 2.12. The van der Waals surface area contributed by atoms with Gasteiger partial charge in [-0.05, 0) is 50.5 Å². The Morgan fingerprint density at radius 3 is 2.22 bits per heavy atom. The van der Waals surface area contributed by atoms with Crippen molar-refractivity contribution in [1.29, 1.82) is 0 Å². The van der Waals surface area contributed by atoms with Crippen LogP contribution in [-0.4, -0.2) is 25.3 Å². The molecule has 1 unspecified atom stereocenters. The van der Waals surface area contributed by atoms with Gasteiger partial charge in [-0.25, -0.2) is 0 Å². The summed E-state index contributed by atoms with van der Waals surface area (Å²) in [5.41, 5.74) is 1.28. The first-order valence-corrected chi connectivity index (χ1v) is 12.2. The molecule has 1 aliphatic rings. The van der Waals surface area contributed by atoms with Gasteiger partial charge in [0.15, 0.2) is 6.29 Å². The minimum Gasteiger partial charge on any atom is -0.353 e. The van der Waals surface area contributed by atoms with Crippen molar-refractivity contribution < 1.29 is 9.47 Å². The van der Waals surface area contributed by atoms with Gasteiger partial charge in [0.05, 0.1) is 18.6 Å². The lowest BCUT2D eigenvalue weighted by Crippen LogP contribution is -2.22. The minimum atomic E-state index is -0.0674. The molecule has 0 amide bonds. The predicted molar refractivity (Wildman–Crippen MR) is 138 cm³/mol. The molecule has 2 aromatic carbocycles. The summed E-state index contributed by atoms with van der Waals surface area (Å²) in [5, 5.41) is 0. The van der Waals surface area contributed by atoms with Crippen LogP contribution in [0.1, 0.15) is 37.7 Å². The number of thioether (sulfide) groups is 1. The fourth-order valence-corrected chi connectivity index (χ4v) is 3.44. The quantitative estimate of drug-likeness (QED) is 0.322. The maximum Gasteiger partial charge on any atom is 0.158 e. The maximum atomic E-state index is 5.53. The number of ether oxygens (including phenoxy) is 2. The van der Waals surface area contributed by atoms with Crippen molar-refractivity contribution >= 4 is 24.4 Å². The largest absolute Gasteiger partial charge is 0.353 e. The lowest BCUT2D eigenvalue weighted by molar-refractivity contribution is -0.154. The Morgan fingerprint density at radius 1 is 0.906 bits per heavy atom. The fourth-order valence-electron chi connectivity index (χ4n) is 2.60. The Kier molecular flexibility index (Phi) is 14.1. The summed E-state index contributed by atoms with van der Waals surface area (Å²) in [6.07, 6.45) is 4.38. The zero-order valence-electron chi connectivity index (χ0n) is 18.6. The molecule has 4 heteroatoms. The second-order valence-corrected chi connectivity index (χ2v) is 8.52. The summed E-state index contributed by atoms with van der Waals surface area (Å²) in [7, 11) is 0. The third kappa shape index (κ3) is 13.2. The third-order valence-electron chi connectivity index (χ3n) is 4.30. The third-order valence-corrected chi connectivity index (χ3v) is 5.49. The Balaban J connectivity index is 0.000000439. The van der Waals surface area contributed by atoms with E-state index in [9.17, 15) is 0 Å². The number of thiol groups is 1. The normalized spacial score (nSPS) is 14.2. The van der Waals surface area contributed by atoms with Crippen LogP contribution in [0.5, 0.6) is 0 Å². The zero-order valence-corrected chi connectivity index (χ0v) is 20.3. The molecule has 1 fully saturated rings. The van der Waals surface area contributed by atoms with Gasteiger partial charge >= 0.3 is 0 Å². The summed E-state index contributed by atoms with van der Waals surface area (Å²) >= 11 is 5.83. The molecule has 0 spiro atoms. The van der Waals surface area contributed by atoms with E-state index in [0.717, 1.165) is 30.1 Å². The highest BCUT2D eigenvalue weighted by atomic mass is 32.2. The molecule has 0 N–H and O–H groups in total. The van der Waals surface area contributed by atoms with Gasteiger partial charge < -0.3 is 9.47 Å². The first-order chi connectivity index (χ1) is 15.7. The topological polar surface area (TPSA) is 18.5 Å². The van der Waals surface area contributed by atoms with Crippen LogP contribution in [0.2, 0.25) is 0 Å². The Morgan fingerprint density at radius 2 is 1.59 bits per heavy atom. The molecule has 0 saturated carbocycles. The summed E-state index contributed by atoms with van der Waals surface area (Å²) in [6.45, 7) is 3.31. The Hall–Kier alpha value is -2.26. The van der Waals surface area contributed by atoms with Crippen LogP contribution in [0, 0.1) is 42.4 Å². The van der Waals surface area contributed by atoms with E-state index in [-0.39, 0.29) is 6.29 Å². The highest BCUT2D eigenvalue weighted by Crippen LogP contribution is 2.17. The van der Waals surface area contributed by atoms with Crippen LogP contribution in [-0.2, 0) is 9.47 Å². The molecule has 1 atom stereocenters. The Bertz CT molecular complexity index is 945. The molecule has 0 aliphatic carbocycles. The number of hydrogen-bond acceptors (Lipinski definition) is 4. The van der Waals surface area contributed by atoms with E-state index in [1.165, 1.54) is 16.9 Å². The van der Waals surface area contributed by atoms with Crippen LogP contribution < -0.4 is 0 Å². The van der Waals surface area contributed by atoms with Gasteiger partial charge in [0.2, 0.25) is 0 Å². The number of aryl methyl sites for hydroxylation is 1. The molecule has 3 rings (SSSR count). The standard InChI is InChI=1S/C22H24O2S.C6H6S/c1-20-13-15-21(16-14-20)25-19-11-7-5-3-2-4-6-9-17-23-22-12-8-10-18-24-22;7-6-4-2-1-3-5-6/h13-16,22H,4-5,8,10,12,17-19H2,1H3;1-5,7H. The second-order valence-electron chi connectivity index (χ2n) is 6.96. The first kappa shape index (κ1) is 26.0. The predicted octanol–water partition coefficient (Wildman–Crippen LogP) is 6.40. The van der Waals surface area contributed by atoms with Crippen molar-refractivity contribution in [1.82, 2.24) is 0 Å². The maximum absolute atomic E-state index is 5.53. The highest BCUT2D eigenvalue weighted by molar-refractivity contribution is 7.99. The molecule has 166 valence electrons. The van der Waals surface area contributed by atoms with Crippen molar-refractivity contribution in [3.8, 4) is 35.5 Å². The zero-order chi connectivity index (χ0) is 22.7. The molecule has 32 heavy (non-hydrogen) atoms. The average molecular weight is 463 g/mol. The lowest BCUT2D eigenvalue weighted by Gasteiger charge is -2.21. The van der Waals surface area contributed by atoms with Crippen LogP contribution in [0.4, 0.5) is 0 Å². The number of hydrogen-bond donors (Lipinski definition) is 1. The van der Waals surface area contributed by atoms with Crippen LogP contribution in [0.3, 0.4) is 0 Å². The molecule has 0 aromatic heterocycles. The summed E-state index contributed by atoms with van der Waals surface area (Å²) < 4.78 is 11.0. The van der Waals surface area contributed by atoms with E-state index in [2.05, 4.69) is 79.3 Å². The molecule has 2 nitrogen and oxygen atoms in total. The van der Waals surface area contributed by atoms with Crippen LogP contribution in [0.25, 0.3) is 0 Å². The molecular formula is C28H30O2S2. The molecule has 1 saturated heterocycles. The van der Waals surface area contributed by atoms with E-state index in [1.807, 2.05) is 30.3 Å². The number of rotatable bonds is 4. The van der Waals surface area contributed by atoms with Crippen LogP contribution in [0.15, 0.2) is 64.4 Å². The van der Waals surface area contributed by atoms with E-state index < -0.39 is 0 Å². The van der Waals surface area contributed by atoms with E-state index in [4.69, 9.17) is 9.47 Å². The number of benzene rings is 2. The molecule has 1 aliphatic heterocycles. The molecule has 0 radical (unpaired) electrons. The van der Waals surface area contributed by atoms with Crippen molar-refractivity contribution in [3.63, 3.8) is 0 Å². The molecule has 1 heterocycles. The summed E-state index contributed by atoms with van der Waals surface area (Å²) in [6, 6.07) is 18.3. The van der Waals surface area contributed by atoms with Gasteiger partial charge in [0.1, 0.15) is 6.61 Å². The smallest absolute Gasteiger partial charge is 0.158 e. The monoisotopic (exact) mass is 462 g/mol. The second kappa shape index (κ2) is 17.3. The first-order valence-electron chi connectivity index (χ1n) is 10.8. The van der Waals surface area contributed by atoms with Gasteiger partial charge in [-0.15, -0.1) is 24.4 Å². The van der Waals surface area contributed by atoms with Crippen LogP contribution >= 0.6 is 24.4 Å². The molecule has 2 aromatic rings. The Labute approximate surface area is 203 Å². The van der Waals surface area contributed by atoms with E-state index in [0.29, 0.717) is 19.4 Å². The summed E-state index contributed by atoms with van der Waals surface area (Å²) in [5.74, 6) is 19.0. The summed E-state index contributed by atoms with van der Waals surface area (Å²) in [4.78, 5) is 2.27. The molecule has 0 bridgehead atoms. The minimum absolute atomic E-state index is 0.0674. The van der Waals surface area contributed by atoms with Gasteiger partial charge in [0, 0.05) is 16.4 Å². The van der Waals surface area contributed by atoms with E-state index in [1.54, 1.807) is 11.8 Å². The van der Waals surface area contributed by atoms with Crippen molar-refractivity contribution in [2.75, 3.05) is 19.0 Å². The van der Waals surface area contributed by atoms with Crippen molar-refractivity contribution in [2.45, 2.75) is 55.1 Å². The van der Waals surface area contributed by atoms with Crippen molar-refractivity contribution in [2.24, 2.45) is 0 Å². The lowest BCUT2D eigenvalue weighted by atomic mass is 10.2.